The largest absolute Gasteiger partial charge is 0.355 e. The van der Waals surface area contributed by atoms with Crippen molar-refractivity contribution in [3.63, 3.8) is 0 Å². The van der Waals surface area contributed by atoms with E-state index < -0.39 is 10.0 Å². The highest BCUT2D eigenvalue weighted by atomic mass is 32.2. The van der Waals surface area contributed by atoms with Crippen molar-refractivity contribution in [2.45, 2.75) is 19.3 Å². The maximum Gasteiger partial charge on any atom is 0.239 e. The molecule has 0 radical (unpaired) electrons. The Morgan fingerprint density at radius 1 is 1.47 bits per heavy atom. The number of carbonyl (C=O) groups excluding carboxylic acids is 2. The van der Waals surface area contributed by atoms with E-state index in [0.29, 0.717) is 13.0 Å². The van der Waals surface area contributed by atoms with Gasteiger partial charge in [0.25, 0.3) is 0 Å². The number of nitrogens with two attached hydrogens (primary N) is 1. The first-order chi connectivity index (χ1) is 7.88. The fourth-order valence-corrected chi connectivity index (χ4v) is 2.15. The lowest BCUT2D eigenvalue weighted by Crippen LogP contribution is -2.38. The molecule has 7 nitrogen and oxygen atoms in total. The van der Waals surface area contributed by atoms with Gasteiger partial charge in [0, 0.05) is 19.5 Å². The second kappa shape index (κ2) is 5.97. The van der Waals surface area contributed by atoms with E-state index in [1.54, 1.807) is 0 Å². The normalized spacial score (nSPS) is 16.3. The summed E-state index contributed by atoms with van der Waals surface area (Å²) in [7, 11) is -3.47. The molecule has 1 fully saturated rings. The smallest absolute Gasteiger partial charge is 0.239 e. The molecule has 0 aliphatic carbocycles. The Morgan fingerprint density at radius 3 is 2.71 bits per heavy atom. The van der Waals surface area contributed by atoms with Gasteiger partial charge in [-0.1, -0.05) is 0 Å². The first-order valence-electron chi connectivity index (χ1n) is 5.43. The molecular formula is C9H17N3O4S. The van der Waals surface area contributed by atoms with Gasteiger partial charge in [0.15, 0.2) is 0 Å². The molecule has 0 saturated carbocycles. The fourth-order valence-electron chi connectivity index (χ4n) is 1.60. The predicted molar refractivity (Wildman–Crippen MR) is 61.4 cm³/mol. The zero-order valence-corrected chi connectivity index (χ0v) is 10.3. The topological polar surface area (TPSA) is 110 Å². The predicted octanol–water partition coefficient (Wildman–Crippen LogP) is -1.60. The van der Waals surface area contributed by atoms with E-state index in [9.17, 15) is 18.0 Å². The Labute approximate surface area is 100 Å². The molecule has 0 aromatic heterocycles. The molecule has 1 rings (SSSR count). The molecule has 98 valence electrons. The number of rotatable bonds is 6. The van der Waals surface area contributed by atoms with Gasteiger partial charge < -0.3 is 10.2 Å². The third kappa shape index (κ3) is 5.64. The number of amides is 2. The van der Waals surface area contributed by atoms with Crippen LogP contribution in [-0.2, 0) is 19.6 Å². The highest BCUT2D eigenvalue weighted by Crippen LogP contribution is 2.08. The molecule has 1 aliphatic rings. The zero-order valence-electron chi connectivity index (χ0n) is 9.52. The number of likely N-dealkylation sites (tertiary alicyclic amines) is 1. The van der Waals surface area contributed by atoms with Crippen molar-refractivity contribution in [1.82, 2.24) is 10.2 Å². The van der Waals surface area contributed by atoms with Crippen LogP contribution in [0.2, 0.25) is 0 Å². The number of primary sulfonamides is 1. The number of nitrogens with one attached hydrogen (secondary N) is 1. The average molecular weight is 263 g/mol. The molecule has 0 aromatic rings. The van der Waals surface area contributed by atoms with Gasteiger partial charge in [0.05, 0.1) is 12.3 Å². The lowest BCUT2D eigenvalue weighted by Gasteiger charge is -2.14. The molecule has 0 unspecified atom stereocenters. The molecule has 17 heavy (non-hydrogen) atoms. The van der Waals surface area contributed by atoms with E-state index in [-0.39, 0.29) is 37.1 Å². The first-order valence-corrected chi connectivity index (χ1v) is 7.15. The Hall–Kier alpha value is -1.15. The molecule has 1 heterocycles. The van der Waals surface area contributed by atoms with Crippen LogP contribution in [0.4, 0.5) is 0 Å². The van der Waals surface area contributed by atoms with Gasteiger partial charge in [0.1, 0.15) is 0 Å². The number of carbonyl (C=O) groups is 2. The summed E-state index contributed by atoms with van der Waals surface area (Å²) < 4.78 is 21.2. The van der Waals surface area contributed by atoms with Gasteiger partial charge in [-0.2, -0.15) is 0 Å². The summed E-state index contributed by atoms with van der Waals surface area (Å²) >= 11 is 0. The van der Waals surface area contributed by atoms with Gasteiger partial charge >= 0.3 is 0 Å². The van der Waals surface area contributed by atoms with Crippen LogP contribution in [0.25, 0.3) is 0 Å². The van der Waals surface area contributed by atoms with E-state index in [1.165, 1.54) is 4.90 Å². The van der Waals surface area contributed by atoms with Crippen LogP contribution in [0.15, 0.2) is 0 Å². The first kappa shape index (κ1) is 13.9. The SMILES string of the molecule is NS(=O)(=O)CCCNC(=O)CN1CCCC1=O. The van der Waals surface area contributed by atoms with E-state index >= 15 is 0 Å². The van der Waals surface area contributed by atoms with Crippen molar-refractivity contribution < 1.29 is 18.0 Å². The molecule has 3 N–H and O–H groups in total. The number of hydrogen-bond donors (Lipinski definition) is 2. The number of nitrogens with zero attached hydrogens (tertiary/aromatic N) is 1. The summed E-state index contributed by atoms with van der Waals surface area (Å²) in [6, 6.07) is 0. The summed E-state index contributed by atoms with van der Waals surface area (Å²) in [6.07, 6.45) is 1.56. The van der Waals surface area contributed by atoms with Gasteiger partial charge in [-0.3, -0.25) is 9.59 Å². The molecule has 2 amide bonds. The maximum atomic E-state index is 11.4. The standard InChI is InChI=1S/C9H17N3O4S/c10-17(15,16)6-2-4-11-8(13)7-12-5-1-3-9(12)14/h1-7H2,(H,11,13)(H2,10,15,16). The van der Waals surface area contributed by atoms with Crippen LogP contribution in [0.5, 0.6) is 0 Å². The Bertz CT molecular complexity index is 393. The van der Waals surface area contributed by atoms with Gasteiger partial charge in [-0.25, -0.2) is 13.6 Å². The molecule has 0 bridgehead atoms. The molecule has 1 saturated heterocycles. The van der Waals surface area contributed by atoms with Crippen LogP contribution < -0.4 is 10.5 Å². The Balaban J connectivity index is 2.15. The summed E-state index contributed by atoms with van der Waals surface area (Å²) in [4.78, 5) is 24.1. The van der Waals surface area contributed by atoms with E-state index in [0.717, 1.165) is 6.42 Å². The average Bonchev–Trinajstić information content (AvgIpc) is 2.58. The van der Waals surface area contributed by atoms with Crippen molar-refractivity contribution in [1.29, 1.82) is 0 Å². The quantitative estimate of drug-likeness (QED) is 0.562. The molecule has 0 aromatic carbocycles. The van der Waals surface area contributed by atoms with Gasteiger partial charge in [0.2, 0.25) is 21.8 Å². The van der Waals surface area contributed by atoms with Crippen LogP contribution in [0, 0.1) is 0 Å². The number of hydrogen-bond acceptors (Lipinski definition) is 4. The Morgan fingerprint density at radius 2 is 2.18 bits per heavy atom. The molecule has 0 spiro atoms. The van der Waals surface area contributed by atoms with Crippen molar-refractivity contribution in [3.8, 4) is 0 Å². The van der Waals surface area contributed by atoms with Crippen LogP contribution >= 0.6 is 0 Å². The summed E-state index contributed by atoms with van der Waals surface area (Å²) in [6.45, 7) is 0.912. The third-order valence-electron chi connectivity index (χ3n) is 2.43. The Kier molecular flexibility index (Phi) is 4.88. The van der Waals surface area contributed by atoms with E-state index in [1.807, 2.05) is 0 Å². The van der Waals surface area contributed by atoms with Crippen molar-refractivity contribution in [3.05, 3.63) is 0 Å². The maximum absolute atomic E-state index is 11.4. The number of sulfonamides is 1. The molecule has 8 heteroatoms. The minimum absolute atomic E-state index is 0.00955. The van der Waals surface area contributed by atoms with E-state index in [2.05, 4.69) is 5.32 Å². The fraction of sp³-hybridized carbons (Fsp3) is 0.778. The minimum Gasteiger partial charge on any atom is -0.355 e. The summed E-state index contributed by atoms with van der Waals surface area (Å²) in [5, 5.41) is 7.36. The van der Waals surface area contributed by atoms with Crippen molar-refractivity contribution in [2.75, 3.05) is 25.4 Å². The second-order valence-electron chi connectivity index (χ2n) is 3.99. The van der Waals surface area contributed by atoms with E-state index in [4.69, 9.17) is 5.14 Å². The zero-order chi connectivity index (χ0) is 12.9. The van der Waals surface area contributed by atoms with Crippen molar-refractivity contribution >= 4 is 21.8 Å². The minimum atomic E-state index is -3.47. The second-order valence-corrected chi connectivity index (χ2v) is 5.72. The van der Waals surface area contributed by atoms with Gasteiger partial charge in [-0.05, 0) is 12.8 Å². The third-order valence-corrected chi connectivity index (χ3v) is 3.29. The molecule has 1 aliphatic heterocycles. The highest BCUT2D eigenvalue weighted by Gasteiger charge is 2.21. The molecule has 0 atom stereocenters. The lowest BCUT2D eigenvalue weighted by atomic mass is 10.4. The summed E-state index contributed by atoms with van der Waals surface area (Å²) in [5.41, 5.74) is 0. The van der Waals surface area contributed by atoms with Gasteiger partial charge in [-0.15, -0.1) is 0 Å². The van der Waals surface area contributed by atoms with Crippen LogP contribution in [0.3, 0.4) is 0 Å². The van der Waals surface area contributed by atoms with Crippen LogP contribution in [-0.4, -0.2) is 50.5 Å². The molecular weight excluding hydrogens is 246 g/mol. The van der Waals surface area contributed by atoms with Crippen LogP contribution in [0.1, 0.15) is 19.3 Å². The monoisotopic (exact) mass is 263 g/mol. The lowest BCUT2D eigenvalue weighted by molar-refractivity contribution is -0.133. The van der Waals surface area contributed by atoms with Crippen molar-refractivity contribution in [2.24, 2.45) is 5.14 Å². The highest BCUT2D eigenvalue weighted by molar-refractivity contribution is 7.89. The summed E-state index contributed by atoms with van der Waals surface area (Å²) in [5.74, 6) is -0.435.